The predicted molar refractivity (Wildman–Crippen MR) is 72.3 cm³/mol. The second kappa shape index (κ2) is 6.61. The molecular weight excluding hydrogens is 242 g/mol. The van der Waals surface area contributed by atoms with Crippen molar-refractivity contribution < 1.29 is 4.79 Å². The normalized spacial score (nSPS) is 9.88. The van der Waals surface area contributed by atoms with Crippen molar-refractivity contribution in [3.8, 4) is 0 Å². The van der Waals surface area contributed by atoms with Crippen LogP contribution in [-0.2, 0) is 4.79 Å². The van der Waals surface area contributed by atoms with Gasteiger partial charge in [0.1, 0.15) is 0 Å². The number of benzene rings is 1. The molecule has 0 aliphatic rings. The van der Waals surface area contributed by atoms with E-state index in [1.54, 1.807) is 12.1 Å². The van der Waals surface area contributed by atoms with Crippen LogP contribution in [0.1, 0.15) is 5.56 Å². The van der Waals surface area contributed by atoms with Crippen LogP contribution >= 0.6 is 23.4 Å². The summed E-state index contributed by atoms with van der Waals surface area (Å²) in [5, 5.41) is 3.45. The van der Waals surface area contributed by atoms with Crippen molar-refractivity contribution in [1.29, 1.82) is 0 Å². The maximum Gasteiger partial charge on any atom is 0.234 e. The molecule has 0 atom stereocenters. The van der Waals surface area contributed by atoms with Gasteiger partial charge in [0.2, 0.25) is 5.91 Å². The molecule has 0 saturated carbocycles. The number of rotatable bonds is 5. The highest BCUT2D eigenvalue weighted by Gasteiger charge is 2.03. The Labute approximate surface area is 105 Å². The molecule has 16 heavy (non-hydrogen) atoms. The summed E-state index contributed by atoms with van der Waals surface area (Å²) < 4.78 is 0. The number of anilines is 1. The van der Waals surface area contributed by atoms with E-state index in [0.717, 1.165) is 17.0 Å². The fraction of sp³-hybridized carbons (Fsp3) is 0.250. The van der Waals surface area contributed by atoms with Crippen LogP contribution in [0.5, 0.6) is 0 Å². The van der Waals surface area contributed by atoms with Gasteiger partial charge in [-0.15, -0.1) is 18.3 Å². The van der Waals surface area contributed by atoms with Crippen LogP contribution in [0.2, 0.25) is 5.02 Å². The first-order valence-corrected chi connectivity index (χ1v) is 6.41. The lowest BCUT2D eigenvalue weighted by Gasteiger charge is -2.06. The Balaban J connectivity index is 2.49. The number of thioether (sulfide) groups is 1. The van der Waals surface area contributed by atoms with Crippen molar-refractivity contribution in [2.24, 2.45) is 0 Å². The smallest absolute Gasteiger partial charge is 0.234 e. The predicted octanol–water partition coefficient (Wildman–Crippen LogP) is 3.51. The second-order valence-electron chi connectivity index (χ2n) is 3.32. The number of amides is 1. The van der Waals surface area contributed by atoms with Crippen LogP contribution in [0.25, 0.3) is 0 Å². The maximum atomic E-state index is 11.5. The van der Waals surface area contributed by atoms with Gasteiger partial charge < -0.3 is 5.32 Å². The first-order valence-electron chi connectivity index (χ1n) is 4.88. The Hall–Kier alpha value is -0.930. The Morgan fingerprint density at radius 2 is 2.38 bits per heavy atom. The molecule has 0 radical (unpaired) electrons. The topological polar surface area (TPSA) is 29.1 Å². The van der Waals surface area contributed by atoms with E-state index in [1.165, 1.54) is 11.8 Å². The highest BCUT2D eigenvalue weighted by Crippen LogP contribution is 2.20. The number of carbonyl (C=O) groups excluding carboxylic acids is 1. The number of halogens is 1. The van der Waals surface area contributed by atoms with Crippen molar-refractivity contribution in [2.45, 2.75) is 6.92 Å². The molecule has 0 saturated heterocycles. The second-order valence-corrected chi connectivity index (χ2v) is 4.75. The van der Waals surface area contributed by atoms with Crippen molar-refractivity contribution in [1.82, 2.24) is 0 Å². The van der Waals surface area contributed by atoms with E-state index in [9.17, 15) is 4.79 Å². The molecule has 0 fully saturated rings. The van der Waals surface area contributed by atoms with Crippen molar-refractivity contribution in [3.05, 3.63) is 41.4 Å². The molecular formula is C12H14ClNOS. The monoisotopic (exact) mass is 255 g/mol. The molecule has 0 spiro atoms. The number of carbonyl (C=O) groups is 1. The third kappa shape index (κ3) is 4.29. The molecule has 0 aliphatic carbocycles. The molecule has 86 valence electrons. The van der Waals surface area contributed by atoms with Gasteiger partial charge in [0, 0.05) is 16.5 Å². The lowest BCUT2D eigenvalue weighted by atomic mass is 10.2. The highest BCUT2D eigenvalue weighted by atomic mass is 35.5. The molecule has 2 nitrogen and oxygen atoms in total. The summed E-state index contributed by atoms with van der Waals surface area (Å²) in [5.74, 6) is 1.19. The van der Waals surface area contributed by atoms with Gasteiger partial charge in [-0.05, 0) is 24.6 Å². The van der Waals surface area contributed by atoms with Crippen LogP contribution in [0.15, 0.2) is 30.9 Å². The molecule has 0 bridgehead atoms. The summed E-state index contributed by atoms with van der Waals surface area (Å²) in [6, 6.07) is 5.49. The van der Waals surface area contributed by atoms with Gasteiger partial charge in [0.15, 0.2) is 0 Å². The van der Waals surface area contributed by atoms with Gasteiger partial charge in [0.25, 0.3) is 0 Å². The zero-order valence-corrected chi connectivity index (χ0v) is 10.7. The van der Waals surface area contributed by atoms with Gasteiger partial charge in [0.05, 0.1) is 5.75 Å². The van der Waals surface area contributed by atoms with Gasteiger partial charge in [-0.25, -0.2) is 0 Å². The summed E-state index contributed by atoms with van der Waals surface area (Å²) in [6.07, 6.45) is 1.78. The minimum absolute atomic E-state index is 0.0215. The first kappa shape index (κ1) is 13.1. The van der Waals surface area contributed by atoms with Crippen molar-refractivity contribution in [2.75, 3.05) is 16.8 Å². The summed E-state index contributed by atoms with van der Waals surface area (Å²) in [6.45, 7) is 5.52. The van der Waals surface area contributed by atoms with Gasteiger partial charge in [-0.1, -0.05) is 23.7 Å². The molecule has 0 heterocycles. The Morgan fingerprint density at radius 3 is 3.00 bits per heavy atom. The fourth-order valence-electron chi connectivity index (χ4n) is 1.10. The zero-order chi connectivity index (χ0) is 12.0. The van der Waals surface area contributed by atoms with E-state index in [1.807, 2.05) is 19.1 Å². The molecule has 1 rings (SSSR count). The lowest BCUT2D eigenvalue weighted by molar-refractivity contribution is -0.113. The Bertz CT molecular complexity index is 393. The average Bonchev–Trinajstić information content (AvgIpc) is 2.24. The molecule has 1 N–H and O–H groups in total. The maximum absolute atomic E-state index is 11.5. The first-order chi connectivity index (χ1) is 7.63. The largest absolute Gasteiger partial charge is 0.325 e. The quantitative estimate of drug-likeness (QED) is 0.645. The van der Waals surface area contributed by atoms with Gasteiger partial charge >= 0.3 is 0 Å². The van der Waals surface area contributed by atoms with Crippen LogP contribution < -0.4 is 5.32 Å². The summed E-state index contributed by atoms with van der Waals surface area (Å²) in [5.41, 5.74) is 1.74. The van der Waals surface area contributed by atoms with Crippen LogP contribution in [0.3, 0.4) is 0 Å². The van der Waals surface area contributed by atoms with Crippen LogP contribution in [-0.4, -0.2) is 17.4 Å². The Kier molecular flexibility index (Phi) is 5.43. The highest BCUT2D eigenvalue weighted by molar-refractivity contribution is 8.00. The molecule has 1 aromatic carbocycles. The average molecular weight is 256 g/mol. The molecule has 1 amide bonds. The van der Waals surface area contributed by atoms with Crippen LogP contribution in [0, 0.1) is 6.92 Å². The number of nitrogens with one attached hydrogen (secondary N) is 1. The Morgan fingerprint density at radius 1 is 1.62 bits per heavy atom. The molecule has 0 aliphatic heterocycles. The van der Waals surface area contributed by atoms with E-state index in [0.29, 0.717) is 10.8 Å². The number of hydrogen-bond donors (Lipinski definition) is 1. The van der Waals surface area contributed by atoms with E-state index in [4.69, 9.17) is 11.6 Å². The molecule has 0 aromatic heterocycles. The van der Waals surface area contributed by atoms with E-state index < -0.39 is 0 Å². The van der Waals surface area contributed by atoms with Crippen molar-refractivity contribution in [3.63, 3.8) is 0 Å². The molecule has 1 aromatic rings. The third-order valence-corrected chi connectivity index (χ3v) is 3.27. The minimum atomic E-state index is -0.0215. The zero-order valence-electron chi connectivity index (χ0n) is 9.13. The van der Waals surface area contributed by atoms with Gasteiger partial charge in [-0.2, -0.15) is 0 Å². The van der Waals surface area contributed by atoms with E-state index >= 15 is 0 Å². The fourth-order valence-corrected chi connectivity index (χ4v) is 1.83. The molecule has 4 heteroatoms. The van der Waals surface area contributed by atoms with Gasteiger partial charge in [-0.3, -0.25) is 4.79 Å². The summed E-state index contributed by atoms with van der Waals surface area (Å²) in [4.78, 5) is 11.5. The summed E-state index contributed by atoms with van der Waals surface area (Å²) in [7, 11) is 0. The van der Waals surface area contributed by atoms with Crippen molar-refractivity contribution >= 4 is 35.0 Å². The SMILES string of the molecule is C=CCSCC(=O)Nc1ccc(C)c(Cl)c1. The number of aryl methyl sites for hydroxylation is 1. The van der Waals surface area contributed by atoms with E-state index in [2.05, 4.69) is 11.9 Å². The number of hydrogen-bond acceptors (Lipinski definition) is 2. The van der Waals surface area contributed by atoms with Crippen LogP contribution in [0.4, 0.5) is 5.69 Å². The van der Waals surface area contributed by atoms with E-state index in [-0.39, 0.29) is 5.91 Å². The summed E-state index contributed by atoms with van der Waals surface area (Å²) >= 11 is 7.48. The standard InChI is InChI=1S/C12H14ClNOS/c1-3-6-16-8-12(15)14-10-5-4-9(2)11(13)7-10/h3-5,7H,1,6,8H2,2H3,(H,14,15). The third-order valence-electron chi connectivity index (χ3n) is 1.92. The molecule has 0 unspecified atom stereocenters. The minimum Gasteiger partial charge on any atom is -0.325 e. The lowest BCUT2D eigenvalue weighted by Crippen LogP contribution is -2.14.